The molecule has 38 heavy (non-hydrogen) atoms. The zero-order chi connectivity index (χ0) is 26.6. The van der Waals surface area contributed by atoms with Crippen molar-refractivity contribution in [2.45, 2.75) is 19.8 Å². The minimum absolute atomic E-state index is 0.0357. The molecule has 3 aromatic carbocycles. The Labute approximate surface area is 221 Å². The van der Waals surface area contributed by atoms with Crippen molar-refractivity contribution in [3.63, 3.8) is 0 Å². The number of hydrogen-bond donors (Lipinski definition) is 2. The maximum absolute atomic E-state index is 11.0. The SMILES string of the molecule is Cc1nnnn1/N=C/c1ccc(O)c(C(c2cccc(Cl)c2)c2cc(/C=N/n3nnnc3C)ccc2O)c1. The molecule has 0 aliphatic rings. The van der Waals surface area contributed by atoms with E-state index < -0.39 is 5.92 Å². The van der Waals surface area contributed by atoms with E-state index in [1.807, 2.05) is 12.1 Å². The molecule has 2 N–H and O–H groups in total. The maximum Gasteiger partial charge on any atom is 0.173 e. The second kappa shape index (κ2) is 10.6. The molecule has 0 amide bonds. The number of phenolic OH excluding ortho intramolecular Hbond substituents is 2. The average molecular weight is 529 g/mol. The molecule has 13 heteroatoms. The smallest absolute Gasteiger partial charge is 0.173 e. The molecular formula is C25H21ClN10O2. The summed E-state index contributed by atoms with van der Waals surface area (Å²) in [6.45, 7) is 3.46. The highest BCUT2D eigenvalue weighted by atomic mass is 35.5. The lowest BCUT2D eigenvalue weighted by Gasteiger charge is -2.22. The lowest BCUT2D eigenvalue weighted by molar-refractivity contribution is 0.458. The predicted molar refractivity (Wildman–Crippen MR) is 140 cm³/mol. The van der Waals surface area contributed by atoms with Gasteiger partial charge in [-0.05, 0) is 99.9 Å². The number of phenols is 2. The van der Waals surface area contributed by atoms with Crippen molar-refractivity contribution in [2.24, 2.45) is 10.2 Å². The molecule has 190 valence electrons. The van der Waals surface area contributed by atoms with Crippen LogP contribution in [-0.2, 0) is 0 Å². The van der Waals surface area contributed by atoms with Crippen LogP contribution < -0.4 is 0 Å². The van der Waals surface area contributed by atoms with Gasteiger partial charge in [0.15, 0.2) is 11.6 Å². The Hall–Kier alpha value is -4.97. The van der Waals surface area contributed by atoms with Gasteiger partial charge in [-0.1, -0.05) is 23.7 Å². The Morgan fingerprint density at radius 3 is 1.74 bits per heavy atom. The van der Waals surface area contributed by atoms with Gasteiger partial charge < -0.3 is 10.2 Å². The molecule has 0 unspecified atom stereocenters. The Kier molecular flexibility index (Phi) is 6.87. The fraction of sp³-hybridized carbons (Fsp3) is 0.120. The summed E-state index contributed by atoms with van der Waals surface area (Å²) in [5.41, 5.74) is 3.20. The molecule has 2 heterocycles. The largest absolute Gasteiger partial charge is 0.508 e. The van der Waals surface area contributed by atoms with Crippen molar-refractivity contribution in [1.29, 1.82) is 0 Å². The van der Waals surface area contributed by atoms with Crippen LogP contribution in [0, 0.1) is 13.8 Å². The second-order valence-electron chi connectivity index (χ2n) is 8.34. The van der Waals surface area contributed by atoms with E-state index >= 15 is 0 Å². The number of aryl methyl sites for hydroxylation is 2. The summed E-state index contributed by atoms with van der Waals surface area (Å²) < 4.78 is 0. The van der Waals surface area contributed by atoms with E-state index in [2.05, 4.69) is 41.3 Å². The average Bonchev–Trinajstić information content (AvgIpc) is 3.51. The molecule has 0 fully saturated rings. The third-order valence-electron chi connectivity index (χ3n) is 5.75. The van der Waals surface area contributed by atoms with E-state index in [4.69, 9.17) is 11.6 Å². The summed E-state index contributed by atoms with van der Waals surface area (Å²) in [5.74, 6) is 0.539. The topological polar surface area (TPSA) is 152 Å². The van der Waals surface area contributed by atoms with Crippen LogP contribution in [0.1, 0.15) is 45.4 Å². The summed E-state index contributed by atoms with van der Waals surface area (Å²) in [5, 5.41) is 53.4. The van der Waals surface area contributed by atoms with Crippen molar-refractivity contribution < 1.29 is 10.2 Å². The zero-order valence-electron chi connectivity index (χ0n) is 20.3. The van der Waals surface area contributed by atoms with Gasteiger partial charge in [0.25, 0.3) is 0 Å². The van der Waals surface area contributed by atoms with Crippen LogP contribution in [0.5, 0.6) is 11.5 Å². The number of aromatic nitrogens is 8. The summed E-state index contributed by atoms with van der Waals surface area (Å²) >= 11 is 6.34. The minimum atomic E-state index is -0.583. The molecule has 0 aliphatic carbocycles. The quantitative estimate of drug-likeness (QED) is 0.241. The lowest BCUT2D eigenvalue weighted by Crippen LogP contribution is -2.06. The van der Waals surface area contributed by atoms with E-state index in [1.54, 1.807) is 74.8 Å². The van der Waals surface area contributed by atoms with Gasteiger partial charge in [0.05, 0.1) is 12.4 Å². The number of aromatic hydroxyl groups is 2. The normalized spacial score (nSPS) is 11.8. The van der Waals surface area contributed by atoms with E-state index in [0.29, 0.717) is 38.9 Å². The molecule has 0 bridgehead atoms. The molecule has 0 aliphatic heterocycles. The number of nitrogens with zero attached hydrogens (tertiary/aromatic N) is 10. The molecule has 5 aromatic rings. The Morgan fingerprint density at radius 2 is 1.29 bits per heavy atom. The molecule has 0 radical (unpaired) electrons. The lowest BCUT2D eigenvalue weighted by atomic mass is 9.83. The molecule has 0 saturated carbocycles. The molecule has 0 saturated heterocycles. The molecule has 5 rings (SSSR count). The van der Waals surface area contributed by atoms with Crippen LogP contribution in [0.2, 0.25) is 5.02 Å². The highest BCUT2D eigenvalue weighted by Gasteiger charge is 2.24. The van der Waals surface area contributed by atoms with E-state index in [0.717, 1.165) is 5.56 Å². The van der Waals surface area contributed by atoms with Gasteiger partial charge in [-0.3, -0.25) is 0 Å². The molecule has 12 nitrogen and oxygen atoms in total. The first-order chi connectivity index (χ1) is 18.4. The van der Waals surface area contributed by atoms with Gasteiger partial charge in [-0.2, -0.15) is 10.2 Å². The highest BCUT2D eigenvalue weighted by molar-refractivity contribution is 6.30. The van der Waals surface area contributed by atoms with E-state index in [9.17, 15) is 10.2 Å². The van der Waals surface area contributed by atoms with Gasteiger partial charge in [-0.25, -0.2) is 0 Å². The van der Waals surface area contributed by atoms with E-state index in [1.165, 1.54) is 9.58 Å². The minimum Gasteiger partial charge on any atom is -0.508 e. The number of hydrogen-bond acceptors (Lipinski definition) is 10. The second-order valence-corrected chi connectivity index (χ2v) is 8.78. The first-order valence-corrected chi connectivity index (χ1v) is 11.8. The van der Waals surface area contributed by atoms with E-state index in [-0.39, 0.29) is 11.5 Å². The first kappa shape index (κ1) is 24.7. The fourth-order valence-corrected chi connectivity index (χ4v) is 4.09. The van der Waals surface area contributed by atoms with Crippen molar-refractivity contribution in [3.8, 4) is 11.5 Å². The van der Waals surface area contributed by atoms with Crippen LogP contribution in [0.3, 0.4) is 0 Å². The Morgan fingerprint density at radius 1 is 0.763 bits per heavy atom. The number of halogens is 1. The van der Waals surface area contributed by atoms with Crippen LogP contribution in [0.15, 0.2) is 70.9 Å². The summed E-state index contributed by atoms with van der Waals surface area (Å²) in [6, 6.07) is 17.4. The summed E-state index contributed by atoms with van der Waals surface area (Å²) in [6.07, 6.45) is 3.16. The van der Waals surface area contributed by atoms with Crippen molar-refractivity contribution in [1.82, 2.24) is 40.6 Å². The van der Waals surface area contributed by atoms with Gasteiger partial charge in [0, 0.05) is 22.1 Å². The van der Waals surface area contributed by atoms with Crippen LogP contribution in [0.25, 0.3) is 0 Å². The van der Waals surface area contributed by atoms with Crippen molar-refractivity contribution in [2.75, 3.05) is 0 Å². The summed E-state index contributed by atoms with van der Waals surface area (Å²) in [7, 11) is 0. The molecule has 0 atom stereocenters. The standard InChI is InChI=1S/C25H21ClN10O2/c1-15-29-31-33-35(15)27-13-17-6-8-23(37)21(10-17)25(19-4-3-5-20(26)12-19)22-11-18(7-9-24(22)38)14-28-36-16(2)30-32-34-36/h3-14,25,37-38H,1-2H3/b27-13+,28-14+. The first-order valence-electron chi connectivity index (χ1n) is 11.4. The number of tetrazole rings is 2. The monoisotopic (exact) mass is 528 g/mol. The molecule has 2 aromatic heterocycles. The number of rotatable bonds is 7. The molecular weight excluding hydrogens is 508 g/mol. The maximum atomic E-state index is 11.0. The molecule has 0 spiro atoms. The van der Waals surface area contributed by atoms with Crippen LogP contribution in [-0.4, -0.2) is 63.3 Å². The van der Waals surface area contributed by atoms with Crippen molar-refractivity contribution in [3.05, 3.63) is 105 Å². The third kappa shape index (κ3) is 5.25. The highest BCUT2D eigenvalue weighted by Crippen LogP contribution is 2.41. The van der Waals surface area contributed by atoms with Crippen LogP contribution >= 0.6 is 11.6 Å². The predicted octanol–water partition coefficient (Wildman–Crippen LogP) is 3.29. The van der Waals surface area contributed by atoms with Crippen LogP contribution in [0.4, 0.5) is 0 Å². The van der Waals surface area contributed by atoms with Gasteiger partial charge in [0.2, 0.25) is 0 Å². The Balaban J connectivity index is 1.61. The number of benzene rings is 3. The van der Waals surface area contributed by atoms with Crippen molar-refractivity contribution >= 4 is 24.0 Å². The third-order valence-corrected chi connectivity index (χ3v) is 5.98. The van der Waals surface area contributed by atoms with Gasteiger partial charge >= 0.3 is 0 Å². The zero-order valence-corrected chi connectivity index (χ0v) is 21.0. The van der Waals surface area contributed by atoms with Gasteiger partial charge in [0.1, 0.15) is 11.5 Å². The summed E-state index contributed by atoms with van der Waals surface area (Å²) in [4.78, 5) is 2.59. The Bertz CT molecular complexity index is 1560. The van der Waals surface area contributed by atoms with Gasteiger partial charge in [-0.15, -0.1) is 19.8 Å². The fourth-order valence-electron chi connectivity index (χ4n) is 3.89.